The summed E-state index contributed by atoms with van der Waals surface area (Å²) in [6.07, 6.45) is 0.831. The summed E-state index contributed by atoms with van der Waals surface area (Å²) in [5.74, 6) is 0.915. The molecule has 0 bridgehead atoms. The average molecular weight is 278 g/mol. The van der Waals surface area contributed by atoms with Gasteiger partial charge in [-0.3, -0.25) is 4.79 Å². The van der Waals surface area contributed by atoms with E-state index in [9.17, 15) is 4.79 Å². The quantitative estimate of drug-likeness (QED) is 0.838. The van der Waals surface area contributed by atoms with Crippen LogP contribution >= 0.6 is 0 Å². The number of amides is 1. The second kappa shape index (κ2) is 7.29. The van der Waals surface area contributed by atoms with Gasteiger partial charge >= 0.3 is 0 Å². The second-order valence-electron chi connectivity index (χ2n) is 5.98. The largest absolute Gasteiger partial charge is 0.496 e. The zero-order valence-electron chi connectivity index (χ0n) is 13.1. The highest BCUT2D eigenvalue weighted by atomic mass is 16.5. The van der Waals surface area contributed by atoms with Crippen molar-refractivity contribution in [3.63, 3.8) is 0 Å². The Morgan fingerprint density at radius 2 is 1.95 bits per heavy atom. The maximum atomic E-state index is 11.9. The topological polar surface area (TPSA) is 50.4 Å². The van der Waals surface area contributed by atoms with E-state index in [-0.39, 0.29) is 17.5 Å². The third kappa shape index (κ3) is 5.61. The van der Waals surface area contributed by atoms with Crippen molar-refractivity contribution in [2.45, 2.75) is 45.7 Å². The molecule has 0 saturated heterocycles. The van der Waals surface area contributed by atoms with Crippen molar-refractivity contribution in [1.82, 2.24) is 10.6 Å². The molecule has 0 aliphatic heterocycles. The number of ether oxygens (including phenoxy) is 1. The summed E-state index contributed by atoms with van der Waals surface area (Å²) in [4.78, 5) is 11.9. The molecule has 0 fully saturated rings. The van der Waals surface area contributed by atoms with Gasteiger partial charge in [0, 0.05) is 12.1 Å². The molecule has 0 aliphatic rings. The van der Waals surface area contributed by atoms with E-state index in [0.717, 1.165) is 24.3 Å². The highest BCUT2D eigenvalue weighted by Gasteiger charge is 2.18. The van der Waals surface area contributed by atoms with E-state index < -0.39 is 0 Å². The highest BCUT2D eigenvalue weighted by Crippen LogP contribution is 2.17. The Balaban J connectivity index is 2.42. The van der Waals surface area contributed by atoms with Crippen LogP contribution in [0.25, 0.3) is 0 Å². The fourth-order valence-electron chi connectivity index (χ4n) is 1.90. The van der Waals surface area contributed by atoms with Gasteiger partial charge in [-0.05, 0) is 45.7 Å². The number of rotatable bonds is 6. The molecule has 0 saturated carbocycles. The van der Waals surface area contributed by atoms with E-state index in [1.54, 1.807) is 7.11 Å². The molecule has 0 aromatic heterocycles. The van der Waals surface area contributed by atoms with Crippen molar-refractivity contribution >= 4 is 5.91 Å². The minimum Gasteiger partial charge on any atom is -0.496 e. The number of carbonyl (C=O) groups is 1. The van der Waals surface area contributed by atoms with Gasteiger partial charge in [0.25, 0.3) is 0 Å². The predicted molar refractivity (Wildman–Crippen MR) is 82.1 cm³/mol. The van der Waals surface area contributed by atoms with Crippen molar-refractivity contribution in [3.05, 3.63) is 29.8 Å². The number of para-hydroxylation sites is 1. The normalized spacial score (nSPS) is 12.8. The first-order valence-electron chi connectivity index (χ1n) is 7.01. The molecule has 112 valence electrons. The lowest BCUT2D eigenvalue weighted by Crippen LogP contribution is -2.49. The molecule has 0 spiro atoms. The number of hydrogen-bond donors (Lipinski definition) is 2. The lowest BCUT2D eigenvalue weighted by atomic mass is 10.1. The van der Waals surface area contributed by atoms with Gasteiger partial charge in [-0.15, -0.1) is 0 Å². The maximum Gasteiger partial charge on any atom is 0.237 e. The van der Waals surface area contributed by atoms with Crippen LogP contribution in [0, 0.1) is 0 Å². The second-order valence-corrected chi connectivity index (χ2v) is 5.98. The molecule has 20 heavy (non-hydrogen) atoms. The molecule has 0 radical (unpaired) electrons. The van der Waals surface area contributed by atoms with E-state index in [1.165, 1.54) is 0 Å². The molecule has 1 aromatic rings. The minimum atomic E-state index is -0.205. The first kappa shape index (κ1) is 16.5. The molecular formula is C16H26N2O2. The molecule has 0 aliphatic carbocycles. The van der Waals surface area contributed by atoms with Crippen LogP contribution in [0.4, 0.5) is 0 Å². The Bertz CT molecular complexity index is 438. The molecule has 1 atom stereocenters. The van der Waals surface area contributed by atoms with Crippen LogP contribution in [0.1, 0.15) is 33.3 Å². The Morgan fingerprint density at radius 3 is 2.55 bits per heavy atom. The average Bonchev–Trinajstić information content (AvgIpc) is 2.37. The zero-order chi connectivity index (χ0) is 15.2. The number of benzene rings is 1. The van der Waals surface area contributed by atoms with Crippen molar-refractivity contribution in [2.75, 3.05) is 13.7 Å². The molecule has 1 rings (SSSR count). The smallest absolute Gasteiger partial charge is 0.237 e. The van der Waals surface area contributed by atoms with E-state index in [4.69, 9.17) is 4.74 Å². The van der Waals surface area contributed by atoms with Crippen LogP contribution in [0.3, 0.4) is 0 Å². The van der Waals surface area contributed by atoms with Crippen LogP contribution in [0.2, 0.25) is 0 Å². The number of methoxy groups -OCH3 is 1. The van der Waals surface area contributed by atoms with Crippen LogP contribution < -0.4 is 15.4 Å². The maximum absolute atomic E-state index is 11.9. The van der Waals surface area contributed by atoms with E-state index in [1.807, 2.05) is 52.0 Å². The summed E-state index contributed by atoms with van der Waals surface area (Å²) in [5, 5.41) is 6.20. The number of hydrogen-bond acceptors (Lipinski definition) is 3. The molecule has 2 N–H and O–H groups in total. The van der Waals surface area contributed by atoms with E-state index in [0.29, 0.717) is 0 Å². The van der Waals surface area contributed by atoms with Gasteiger partial charge in [-0.2, -0.15) is 0 Å². The molecule has 1 unspecified atom stereocenters. The van der Waals surface area contributed by atoms with Gasteiger partial charge in [0.05, 0.1) is 13.2 Å². The molecule has 4 nitrogen and oxygen atoms in total. The third-order valence-corrected chi connectivity index (χ3v) is 2.93. The van der Waals surface area contributed by atoms with Crippen molar-refractivity contribution in [2.24, 2.45) is 0 Å². The standard InChI is InChI=1S/C16H26N2O2/c1-12(15(19)18-16(2,3)4)17-11-10-13-8-6-7-9-14(13)20-5/h6-9,12,17H,10-11H2,1-5H3,(H,18,19). The fourth-order valence-corrected chi connectivity index (χ4v) is 1.90. The molecule has 1 aromatic carbocycles. The fraction of sp³-hybridized carbons (Fsp3) is 0.562. The van der Waals surface area contributed by atoms with Crippen LogP contribution in [-0.4, -0.2) is 31.1 Å². The third-order valence-electron chi connectivity index (χ3n) is 2.93. The SMILES string of the molecule is COc1ccccc1CCNC(C)C(=O)NC(C)(C)C. The molecule has 4 heteroatoms. The van der Waals surface area contributed by atoms with Crippen LogP contribution in [-0.2, 0) is 11.2 Å². The Labute approximate surface area is 121 Å². The zero-order valence-corrected chi connectivity index (χ0v) is 13.1. The van der Waals surface area contributed by atoms with E-state index >= 15 is 0 Å². The summed E-state index contributed by atoms with van der Waals surface area (Å²) in [5.41, 5.74) is 0.946. The Morgan fingerprint density at radius 1 is 1.30 bits per heavy atom. The van der Waals surface area contributed by atoms with Crippen molar-refractivity contribution in [1.29, 1.82) is 0 Å². The van der Waals surface area contributed by atoms with Gasteiger partial charge in [0.15, 0.2) is 0 Å². The summed E-state index contributed by atoms with van der Waals surface area (Å²) in [6, 6.07) is 7.73. The highest BCUT2D eigenvalue weighted by molar-refractivity contribution is 5.81. The predicted octanol–water partition coefficient (Wildman–Crippen LogP) is 2.13. The summed E-state index contributed by atoms with van der Waals surface area (Å²) < 4.78 is 5.31. The summed E-state index contributed by atoms with van der Waals surface area (Å²) >= 11 is 0. The Kier molecular flexibility index (Phi) is 6.02. The van der Waals surface area contributed by atoms with Gasteiger partial charge in [-0.1, -0.05) is 18.2 Å². The van der Waals surface area contributed by atoms with Crippen LogP contribution in [0.15, 0.2) is 24.3 Å². The van der Waals surface area contributed by atoms with Gasteiger partial charge in [0.1, 0.15) is 5.75 Å². The first-order chi connectivity index (χ1) is 9.33. The van der Waals surface area contributed by atoms with Crippen molar-refractivity contribution < 1.29 is 9.53 Å². The lowest BCUT2D eigenvalue weighted by Gasteiger charge is -2.23. The Hall–Kier alpha value is -1.55. The molecule has 1 amide bonds. The number of carbonyl (C=O) groups excluding carboxylic acids is 1. The summed E-state index contributed by atoms with van der Waals surface area (Å²) in [7, 11) is 1.67. The molecule has 0 heterocycles. The van der Waals surface area contributed by atoms with Gasteiger partial charge in [-0.25, -0.2) is 0 Å². The first-order valence-corrected chi connectivity index (χ1v) is 7.01. The van der Waals surface area contributed by atoms with Crippen LogP contribution in [0.5, 0.6) is 5.75 Å². The lowest BCUT2D eigenvalue weighted by molar-refractivity contribution is -0.124. The monoisotopic (exact) mass is 278 g/mol. The minimum absolute atomic E-state index is 0.0255. The van der Waals surface area contributed by atoms with E-state index in [2.05, 4.69) is 10.6 Å². The summed E-state index contributed by atoms with van der Waals surface area (Å²) in [6.45, 7) is 8.55. The molecular weight excluding hydrogens is 252 g/mol. The van der Waals surface area contributed by atoms with Gasteiger partial charge in [0.2, 0.25) is 5.91 Å². The number of nitrogens with one attached hydrogen (secondary N) is 2. The van der Waals surface area contributed by atoms with Gasteiger partial charge < -0.3 is 15.4 Å². The van der Waals surface area contributed by atoms with Crippen molar-refractivity contribution in [3.8, 4) is 5.75 Å².